The second kappa shape index (κ2) is 7.84. The first-order chi connectivity index (χ1) is 15.2. The van der Waals surface area contributed by atoms with Crippen molar-refractivity contribution >= 4 is 22.7 Å². The van der Waals surface area contributed by atoms with Gasteiger partial charge in [-0.25, -0.2) is 9.18 Å². The first-order valence-corrected chi connectivity index (χ1v) is 9.18. The normalized spacial score (nSPS) is 11.5. The number of aromatic carboxylic acids is 1. The smallest absolute Gasteiger partial charge is 0.478 e. The van der Waals surface area contributed by atoms with Gasteiger partial charge in [0.25, 0.3) is 0 Å². The highest BCUT2D eigenvalue weighted by Crippen LogP contribution is 2.33. The zero-order valence-electron chi connectivity index (χ0n) is 16.1. The van der Waals surface area contributed by atoms with Gasteiger partial charge < -0.3 is 14.4 Å². The molecule has 1 aromatic heterocycles. The number of halogens is 4. The van der Waals surface area contributed by atoms with E-state index in [1.54, 1.807) is 28.8 Å². The molecule has 0 aliphatic rings. The van der Waals surface area contributed by atoms with E-state index in [0.717, 1.165) is 18.2 Å². The van der Waals surface area contributed by atoms with Gasteiger partial charge in [-0.1, -0.05) is 24.3 Å². The SMILES string of the molecule is O=C(O)c1ccc(-n2cc(C(=O)c3c(F)cccc3OC(F)(F)F)c3ccccc32)cc1. The van der Waals surface area contributed by atoms with E-state index in [1.807, 2.05) is 0 Å². The Labute approximate surface area is 178 Å². The Balaban J connectivity index is 1.87. The number of carboxylic acid groups (broad SMARTS) is 1. The molecule has 3 aromatic carbocycles. The monoisotopic (exact) mass is 443 g/mol. The second-order valence-corrected chi connectivity index (χ2v) is 6.77. The van der Waals surface area contributed by atoms with Crippen LogP contribution in [0.5, 0.6) is 5.75 Å². The number of ether oxygens (including phenoxy) is 1. The molecular formula is C23H13F4NO4. The third-order valence-corrected chi connectivity index (χ3v) is 4.78. The Morgan fingerprint density at radius 2 is 1.59 bits per heavy atom. The highest BCUT2D eigenvalue weighted by atomic mass is 19.4. The van der Waals surface area contributed by atoms with Crippen LogP contribution in [-0.4, -0.2) is 27.8 Å². The van der Waals surface area contributed by atoms with Crippen molar-refractivity contribution in [2.75, 3.05) is 0 Å². The summed E-state index contributed by atoms with van der Waals surface area (Å²) in [6, 6.07) is 15.1. The quantitative estimate of drug-likeness (QED) is 0.322. The fourth-order valence-electron chi connectivity index (χ4n) is 3.41. The van der Waals surface area contributed by atoms with Gasteiger partial charge in [-0.3, -0.25) is 4.79 Å². The summed E-state index contributed by atoms with van der Waals surface area (Å²) in [5.41, 5.74) is 0.204. The summed E-state index contributed by atoms with van der Waals surface area (Å²) in [6.45, 7) is 0. The standard InChI is InChI=1S/C23H13F4NO4/c24-17-5-3-7-19(32-23(25,26)27)20(17)21(29)16-12-28(18-6-2-1-4-15(16)18)14-10-8-13(9-11-14)22(30)31/h1-12H,(H,30,31). The molecule has 0 atom stereocenters. The summed E-state index contributed by atoms with van der Waals surface area (Å²) in [5.74, 6) is -4.19. The van der Waals surface area contributed by atoms with Gasteiger partial charge in [-0.2, -0.15) is 0 Å². The molecule has 0 saturated heterocycles. The first-order valence-electron chi connectivity index (χ1n) is 9.18. The van der Waals surface area contributed by atoms with Gasteiger partial charge in [-0.15, -0.1) is 13.2 Å². The Kier molecular flexibility index (Phi) is 5.17. The van der Waals surface area contributed by atoms with Crippen LogP contribution in [0.25, 0.3) is 16.6 Å². The lowest BCUT2D eigenvalue weighted by atomic mass is 10.0. The third-order valence-electron chi connectivity index (χ3n) is 4.78. The molecule has 0 amide bonds. The van der Waals surface area contributed by atoms with Crippen molar-refractivity contribution in [3.8, 4) is 11.4 Å². The van der Waals surface area contributed by atoms with E-state index < -0.39 is 35.2 Å². The molecule has 4 rings (SSSR count). The molecule has 1 N–H and O–H groups in total. The molecule has 32 heavy (non-hydrogen) atoms. The van der Waals surface area contributed by atoms with Crippen LogP contribution < -0.4 is 4.74 Å². The van der Waals surface area contributed by atoms with Crippen LogP contribution in [0.2, 0.25) is 0 Å². The lowest BCUT2D eigenvalue weighted by Gasteiger charge is -2.13. The van der Waals surface area contributed by atoms with Gasteiger partial charge >= 0.3 is 12.3 Å². The number of carboxylic acids is 1. The maximum absolute atomic E-state index is 14.5. The lowest BCUT2D eigenvalue weighted by Crippen LogP contribution is -2.20. The molecule has 162 valence electrons. The minimum atomic E-state index is -5.11. The van der Waals surface area contributed by atoms with E-state index in [-0.39, 0.29) is 11.1 Å². The topological polar surface area (TPSA) is 68.5 Å². The Hall–Kier alpha value is -4.14. The van der Waals surface area contributed by atoms with Gasteiger partial charge in [0.2, 0.25) is 5.78 Å². The number of aromatic nitrogens is 1. The van der Waals surface area contributed by atoms with Crippen LogP contribution in [0.1, 0.15) is 26.3 Å². The van der Waals surface area contributed by atoms with E-state index in [1.165, 1.54) is 30.5 Å². The molecule has 0 radical (unpaired) electrons. The van der Waals surface area contributed by atoms with E-state index >= 15 is 0 Å². The third kappa shape index (κ3) is 3.92. The van der Waals surface area contributed by atoms with Crippen LogP contribution in [0.4, 0.5) is 17.6 Å². The van der Waals surface area contributed by atoms with Crippen molar-refractivity contribution in [2.24, 2.45) is 0 Å². The Bertz CT molecular complexity index is 1340. The molecule has 0 spiro atoms. The molecule has 0 unspecified atom stereocenters. The predicted molar refractivity (Wildman–Crippen MR) is 107 cm³/mol. The average molecular weight is 443 g/mol. The van der Waals surface area contributed by atoms with Gasteiger partial charge in [0.1, 0.15) is 17.1 Å². The highest BCUT2D eigenvalue weighted by molar-refractivity contribution is 6.18. The fraction of sp³-hybridized carbons (Fsp3) is 0.0435. The van der Waals surface area contributed by atoms with Gasteiger partial charge in [0.15, 0.2) is 0 Å². The Morgan fingerprint density at radius 1 is 0.906 bits per heavy atom. The maximum atomic E-state index is 14.5. The highest BCUT2D eigenvalue weighted by Gasteiger charge is 2.34. The molecule has 0 aliphatic heterocycles. The molecule has 0 bridgehead atoms. The van der Waals surface area contributed by atoms with E-state index in [0.29, 0.717) is 16.6 Å². The number of ketones is 1. The van der Waals surface area contributed by atoms with Crippen molar-refractivity contribution in [3.05, 3.63) is 95.4 Å². The summed E-state index contributed by atoms with van der Waals surface area (Å²) < 4.78 is 58.3. The second-order valence-electron chi connectivity index (χ2n) is 6.77. The summed E-state index contributed by atoms with van der Waals surface area (Å²) in [5, 5.41) is 9.45. The van der Waals surface area contributed by atoms with Crippen molar-refractivity contribution in [1.82, 2.24) is 4.57 Å². The van der Waals surface area contributed by atoms with Crippen LogP contribution in [0, 0.1) is 5.82 Å². The lowest BCUT2D eigenvalue weighted by molar-refractivity contribution is -0.274. The molecule has 5 nitrogen and oxygen atoms in total. The molecule has 4 aromatic rings. The van der Waals surface area contributed by atoms with E-state index in [2.05, 4.69) is 4.74 Å². The van der Waals surface area contributed by atoms with Crippen LogP contribution in [0.3, 0.4) is 0 Å². The molecular weight excluding hydrogens is 430 g/mol. The minimum Gasteiger partial charge on any atom is -0.478 e. The summed E-state index contributed by atoms with van der Waals surface area (Å²) >= 11 is 0. The number of nitrogens with zero attached hydrogens (tertiary/aromatic N) is 1. The Morgan fingerprint density at radius 3 is 2.25 bits per heavy atom. The first kappa shape index (κ1) is 21.1. The fourth-order valence-corrected chi connectivity index (χ4v) is 3.41. The number of rotatable bonds is 5. The van der Waals surface area contributed by atoms with E-state index in [4.69, 9.17) is 5.11 Å². The van der Waals surface area contributed by atoms with Crippen LogP contribution >= 0.6 is 0 Å². The number of hydrogen-bond acceptors (Lipinski definition) is 3. The number of hydrogen-bond donors (Lipinski definition) is 1. The summed E-state index contributed by atoms with van der Waals surface area (Å²) in [4.78, 5) is 24.3. The van der Waals surface area contributed by atoms with Crippen molar-refractivity contribution in [2.45, 2.75) is 6.36 Å². The molecule has 0 saturated carbocycles. The van der Waals surface area contributed by atoms with Crippen molar-refractivity contribution in [3.63, 3.8) is 0 Å². The summed E-state index contributed by atoms with van der Waals surface area (Å²) in [7, 11) is 0. The molecule has 0 fully saturated rings. The molecule has 1 heterocycles. The van der Waals surface area contributed by atoms with Gasteiger partial charge in [-0.05, 0) is 42.5 Å². The number of carbonyl (C=O) groups excluding carboxylic acids is 1. The largest absolute Gasteiger partial charge is 0.573 e. The van der Waals surface area contributed by atoms with E-state index in [9.17, 15) is 27.2 Å². The molecule has 9 heteroatoms. The van der Waals surface area contributed by atoms with Gasteiger partial charge in [0, 0.05) is 22.8 Å². The number of alkyl halides is 3. The number of para-hydroxylation sites is 1. The predicted octanol–water partition coefficient (Wildman–Crippen LogP) is 5.60. The average Bonchev–Trinajstić information content (AvgIpc) is 3.12. The maximum Gasteiger partial charge on any atom is 0.573 e. The van der Waals surface area contributed by atoms with Crippen LogP contribution in [0.15, 0.2) is 72.9 Å². The van der Waals surface area contributed by atoms with Gasteiger partial charge in [0.05, 0.1) is 11.1 Å². The molecule has 0 aliphatic carbocycles. The minimum absolute atomic E-state index is 0.0416. The zero-order valence-corrected chi connectivity index (χ0v) is 16.1. The van der Waals surface area contributed by atoms with Crippen molar-refractivity contribution in [1.29, 1.82) is 0 Å². The number of benzene rings is 3. The van der Waals surface area contributed by atoms with Crippen LogP contribution in [-0.2, 0) is 0 Å². The number of carbonyl (C=O) groups is 2. The van der Waals surface area contributed by atoms with Crippen molar-refractivity contribution < 1.29 is 37.0 Å². The zero-order chi connectivity index (χ0) is 23.0. The summed E-state index contributed by atoms with van der Waals surface area (Å²) in [6.07, 6.45) is -3.74. The number of fused-ring (bicyclic) bond motifs is 1.